The zero-order valence-corrected chi connectivity index (χ0v) is 18.9. The van der Waals surface area contributed by atoms with Gasteiger partial charge in [0.2, 0.25) is 5.91 Å². The Morgan fingerprint density at radius 1 is 1.27 bits per heavy atom. The number of phenolic OH excluding ortho intramolecular Hbond substituents is 1. The van der Waals surface area contributed by atoms with Gasteiger partial charge in [-0.15, -0.1) is 0 Å². The summed E-state index contributed by atoms with van der Waals surface area (Å²) in [4.78, 5) is 38.5. The van der Waals surface area contributed by atoms with Crippen molar-refractivity contribution in [3.8, 4) is 11.5 Å². The first-order valence-corrected chi connectivity index (χ1v) is 10.5. The molecule has 0 aromatic heterocycles. The number of methoxy groups -OCH3 is 1. The van der Waals surface area contributed by atoms with Crippen LogP contribution in [0.25, 0.3) is 6.08 Å². The smallest absolute Gasteiger partial charge is 0.294 e. The third-order valence-electron chi connectivity index (χ3n) is 4.41. The van der Waals surface area contributed by atoms with Gasteiger partial charge < -0.3 is 15.2 Å². The van der Waals surface area contributed by atoms with Crippen molar-refractivity contribution in [1.29, 1.82) is 0 Å². The monoisotopic (exact) mass is 490 g/mol. The van der Waals surface area contributed by atoms with E-state index < -0.39 is 17.1 Å². The molecule has 1 heterocycles. The van der Waals surface area contributed by atoms with Crippen molar-refractivity contribution in [2.24, 2.45) is 0 Å². The van der Waals surface area contributed by atoms with E-state index >= 15 is 0 Å². The lowest BCUT2D eigenvalue weighted by atomic mass is 10.1. The first-order valence-electron chi connectivity index (χ1n) is 8.88. The van der Waals surface area contributed by atoms with Crippen molar-refractivity contribution in [3.05, 3.63) is 56.4 Å². The number of aryl methyl sites for hydroxylation is 2. The Labute approximate surface area is 186 Å². The molecule has 0 radical (unpaired) electrons. The average molecular weight is 491 g/mol. The molecule has 2 N–H and O–H groups in total. The molecule has 3 rings (SSSR count). The largest absolute Gasteiger partial charge is 0.503 e. The molecule has 1 fully saturated rings. The van der Waals surface area contributed by atoms with Gasteiger partial charge in [0.25, 0.3) is 11.1 Å². The van der Waals surface area contributed by atoms with Crippen LogP contribution in [0.15, 0.2) is 39.7 Å². The molecule has 0 saturated carbocycles. The Kier molecular flexibility index (Phi) is 6.52. The predicted octanol–water partition coefficient (Wildman–Crippen LogP) is 4.46. The van der Waals surface area contributed by atoms with Crippen molar-refractivity contribution < 1.29 is 24.2 Å². The zero-order valence-electron chi connectivity index (χ0n) is 16.5. The van der Waals surface area contributed by atoms with Crippen LogP contribution < -0.4 is 10.1 Å². The molecule has 0 spiro atoms. The SMILES string of the molecule is COc1cc(/C=C2/SC(=O)N(CC(=O)Nc3cc(C)ccc3C)C2=O)cc(Br)c1O. The van der Waals surface area contributed by atoms with Gasteiger partial charge in [-0.2, -0.15) is 0 Å². The minimum Gasteiger partial charge on any atom is -0.503 e. The van der Waals surface area contributed by atoms with Crippen molar-refractivity contribution in [2.75, 3.05) is 19.0 Å². The van der Waals surface area contributed by atoms with E-state index in [0.29, 0.717) is 15.7 Å². The Morgan fingerprint density at radius 3 is 2.70 bits per heavy atom. The van der Waals surface area contributed by atoms with E-state index in [9.17, 15) is 19.5 Å². The number of ether oxygens (including phenoxy) is 1. The summed E-state index contributed by atoms with van der Waals surface area (Å²) >= 11 is 3.97. The van der Waals surface area contributed by atoms with E-state index in [4.69, 9.17) is 4.74 Å². The number of rotatable bonds is 5. The van der Waals surface area contributed by atoms with Gasteiger partial charge in [-0.3, -0.25) is 19.3 Å². The van der Waals surface area contributed by atoms with E-state index in [1.165, 1.54) is 13.2 Å². The lowest BCUT2D eigenvalue weighted by Gasteiger charge is -2.14. The summed E-state index contributed by atoms with van der Waals surface area (Å²) in [6, 6.07) is 8.79. The number of hydrogen-bond donors (Lipinski definition) is 2. The quantitative estimate of drug-likeness (QED) is 0.600. The molecule has 0 bridgehead atoms. The molecule has 0 aliphatic carbocycles. The number of aromatic hydroxyl groups is 1. The van der Waals surface area contributed by atoms with Crippen LogP contribution in [-0.4, -0.2) is 40.7 Å². The molecule has 30 heavy (non-hydrogen) atoms. The third-order valence-corrected chi connectivity index (χ3v) is 5.92. The fraction of sp³-hybridized carbons (Fsp3) is 0.190. The number of thioether (sulfide) groups is 1. The predicted molar refractivity (Wildman–Crippen MR) is 120 cm³/mol. The number of nitrogens with zero attached hydrogens (tertiary/aromatic N) is 1. The maximum atomic E-state index is 12.7. The highest BCUT2D eigenvalue weighted by molar-refractivity contribution is 9.10. The number of carbonyl (C=O) groups excluding carboxylic acids is 3. The van der Waals surface area contributed by atoms with Crippen molar-refractivity contribution in [2.45, 2.75) is 13.8 Å². The number of anilines is 1. The van der Waals surface area contributed by atoms with Crippen LogP contribution in [0.5, 0.6) is 11.5 Å². The van der Waals surface area contributed by atoms with Gasteiger partial charge >= 0.3 is 0 Å². The highest BCUT2D eigenvalue weighted by Gasteiger charge is 2.36. The first-order chi connectivity index (χ1) is 14.2. The lowest BCUT2D eigenvalue weighted by molar-refractivity contribution is -0.127. The van der Waals surface area contributed by atoms with Gasteiger partial charge in [0.1, 0.15) is 6.54 Å². The van der Waals surface area contributed by atoms with Crippen molar-refractivity contribution in [3.63, 3.8) is 0 Å². The maximum Gasteiger partial charge on any atom is 0.294 e. The normalized spacial score (nSPS) is 15.1. The number of amides is 3. The van der Waals surface area contributed by atoms with Gasteiger partial charge in [-0.25, -0.2) is 0 Å². The highest BCUT2D eigenvalue weighted by atomic mass is 79.9. The minimum atomic E-state index is -0.552. The molecule has 9 heteroatoms. The maximum absolute atomic E-state index is 12.7. The first kappa shape index (κ1) is 21.9. The fourth-order valence-corrected chi connectivity index (χ4v) is 4.12. The van der Waals surface area contributed by atoms with Crippen molar-refractivity contribution >= 4 is 56.5 Å². The molecule has 1 aliphatic heterocycles. The van der Waals surface area contributed by atoms with Gasteiger partial charge in [0.05, 0.1) is 16.5 Å². The number of nitrogens with one attached hydrogen (secondary N) is 1. The molecular weight excluding hydrogens is 472 g/mol. The summed E-state index contributed by atoms with van der Waals surface area (Å²) in [7, 11) is 1.41. The summed E-state index contributed by atoms with van der Waals surface area (Å²) < 4.78 is 5.49. The molecule has 0 atom stereocenters. The summed E-state index contributed by atoms with van der Waals surface area (Å²) in [5.74, 6) is -0.848. The zero-order chi connectivity index (χ0) is 22.0. The van der Waals surface area contributed by atoms with Crippen LogP contribution in [0.2, 0.25) is 0 Å². The van der Waals surface area contributed by atoms with Crippen LogP contribution in [0.3, 0.4) is 0 Å². The fourth-order valence-electron chi connectivity index (χ4n) is 2.82. The Morgan fingerprint density at radius 2 is 2.00 bits per heavy atom. The van der Waals surface area contributed by atoms with E-state index in [-0.39, 0.29) is 22.9 Å². The summed E-state index contributed by atoms with van der Waals surface area (Å²) in [6.45, 7) is 3.40. The minimum absolute atomic E-state index is 0.0640. The second-order valence-corrected chi connectivity index (χ2v) is 8.54. The number of hydrogen-bond acceptors (Lipinski definition) is 6. The number of carbonyl (C=O) groups is 3. The van der Waals surface area contributed by atoms with Crippen LogP contribution >= 0.6 is 27.7 Å². The highest BCUT2D eigenvalue weighted by Crippen LogP contribution is 2.38. The van der Waals surface area contributed by atoms with Crippen LogP contribution in [0.1, 0.15) is 16.7 Å². The molecule has 2 aromatic rings. The van der Waals surface area contributed by atoms with Crippen molar-refractivity contribution in [1.82, 2.24) is 4.90 Å². The van der Waals surface area contributed by atoms with E-state index in [1.54, 1.807) is 12.1 Å². The van der Waals surface area contributed by atoms with E-state index in [0.717, 1.165) is 27.8 Å². The van der Waals surface area contributed by atoms with Gasteiger partial charge in [-0.05, 0) is 82.5 Å². The van der Waals surface area contributed by atoms with Crippen LogP contribution in [-0.2, 0) is 9.59 Å². The topological polar surface area (TPSA) is 95.9 Å². The number of halogens is 1. The Hall–Kier alpha value is -2.78. The number of phenols is 1. The van der Waals surface area contributed by atoms with Gasteiger partial charge in [0.15, 0.2) is 11.5 Å². The van der Waals surface area contributed by atoms with E-state index in [2.05, 4.69) is 21.2 Å². The number of benzene rings is 2. The molecule has 2 aromatic carbocycles. The molecule has 0 unspecified atom stereocenters. The summed E-state index contributed by atoms with van der Waals surface area (Å²) in [5, 5.41) is 12.1. The average Bonchev–Trinajstić information content (AvgIpc) is 2.94. The molecule has 7 nitrogen and oxygen atoms in total. The molecule has 3 amide bonds. The molecule has 1 saturated heterocycles. The van der Waals surface area contributed by atoms with E-state index in [1.807, 2.05) is 32.0 Å². The molecule has 1 aliphatic rings. The summed E-state index contributed by atoms with van der Waals surface area (Å²) in [6.07, 6.45) is 1.51. The number of imide groups is 1. The lowest BCUT2D eigenvalue weighted by Crippen LogP contribution is -2.36. The standard InChI is InChI=1S/C21H19BrN2O5S/c1-11-4-5-12(2)15(6-11)23-18(25)10-24-20(27)17(30-21(24)28)9-13-7-14(22)19(26)16(8-13)29-3/h4-9,26H,10H2,1-3H3,(H,23,25)/b17-9+. The Bertz CT molecular complexity index is 1080. The molecule has 156 valence electrons. The second-order valence-electron chi connectivity index (χ2n) is 6.69. The van der Waals surface area contributed by atoms with Crippen LogP contribution in [0, 0.1) is 13.8 Å². The second kappa shape index (κ2) is 8.93. The Balaban J connectivity index is 1.76. The third kappa shape index (κ3) is 4.68. The van der Waals surface area contributed by atoms with Gasteiger partial charge in [-0.1, -0.05) is 12.1 Å². The van der Waals surface area contributed by atoms with Gasteiger partial charge in [0, 0.05) is 5.69 Å². The van der Waals surface area contributed by atoms with Crippen LogP contribution in [0.4, 0.5) is 10.5 Å². The molecular formula is C21H19BrN2O5S. The summed E-state index contributed by atoms with van der Waals surface area (Å²) in [5.41, 5.74) is 3.07.